The predicted octanol–water partition coefficient (Wildman–Crippen LogP) is 4.28. The van der Waals surface area contributed by atoms with Crippen LogP contribution in [0.4, 0.5) is 18.3 Å². The van der Waals surface area contributed by atoms with Crippen LogP contribution in [0.3, 0.4) is 0 Å². The van der Waals surface area contributed by atoms with Crippen molar-refractivity contribution in [3.8, 4) is 17.0 Å². The Bertz CT molecular complexity index is 590. The zero-order valence-electron chi connectivity index (χ0n) is 10.3. The van der Waals surface area contributed by atoms with Gasteiger partial charge in [-0.25, -0.2) is 4.98 Å². The summed E-state index contributed by atoms with van der Waals surface area (Å²) in [4.78, 5) is 4.41. The SMILES string of the molecule is FC(F)(F)Oc1ccc(-c2csc(NC3CC3)n2)cc1. The van der Waals surface area contributed by atoms with Gasteiger partial charge in [0, 0.05) is 17.0 Å². The Morgan fingerprint density at radius 1 is 1.20 bits per heavy atom. The molecule has 0 atom stereocenters. The molecule has 0 radical (unpaired) electrons. The fourth-order valence-electron chi connectivity index (χ4n) is 1.70. The molecule has 3 nitrogen and oxygen atoms in total. The van der Waals surface area contributed by atoms with Crippen LogP contribution in [0.2, 0.25) is 0 Å². The maximum atomic E-state index is 12.1. The minimum Gasteiger partial charge on any atom is -0.406 e. The second-order valence-electron chi connectivity index (χ2n) is 4.53. The van der Waals surface area contributed by atoms with E-state index in [9.17, 15) is 13.2 Å². The molecule has 0 bridgehead atoms. The van der Waals surface area contributed by atoms with Gasteiger partial charge in [-0.1, -0.05) is 0 Å². The average molecular weight is 300 g/mol. The molecule has 0 saturated heterocycles. The molecule has 1 N–H and O–H groups in total. The third kappa shape index (κ3) is 3.41. The number of hydrogen-bond donors (Lipinski definition) is 1. The van der Waals surface area contributed by atoms with Crippen molar-refractivity contribution in [2.75, 3.05) is 5.32 Å². The van der Waals surface area contributed by atoms with Crippen LogP contribution in [0.5, 0.6) is 5.75 Å². The summed E-state index contributed by atoms with van der Waals surface area (Å²) in [6.45, 7) is 0. The van der Waals surface area contributed by atoms with Gasteiger partial charge < -0.3 is 10.1 Å². The smallest absolute Gasteiger partial charge is 0.406 e. The minimum absolute atomic E-state index is 0.229. The van der Waals surface area contributed by atoms with Gasteiger partial charge in [0.25, 0.3) is 0 Å². The number of ether oxygens (including phenoxy) is 1. The normalized spacial score (nSPS) is 15.2. The summed E-state index contributed by atoms with van der Waals surface area (Å²) in [6, 6.07) is 6.23. The molecule has 1 aromatic heterocycles. The van der Waals surface area contributed by atoms with E-state index in [2.05, 4.69) is 15.0 Å². The molecule has 1 aromatic carbocycles. The second-order valence-corrected chi connectivity index (χ2v) is 5.39. The molecule has 3 rings (SSSR count). The van der Waals surface area contributed by atoms with Crippen molar-refractivity contribution >= 4 is 16.5 Å². The van der Waals surface area contributed by atoms with E-state index in [1.165, 1.54) is 36.3 Å². The number of aromatic nitrogens is 1. The van der Waals surface area contributed by atoms with Crippen molar-refractivity contribution in [2.24, 2.45) is 0 Å². The Morgan fingerprint density at radius 2 is 1.90 bits per heavy atom. The molecule has 1 saturated carbocycles. The molecule has 7 heteroatoms. The Balaban J connectivity index is 1.71. The third-order valence-electron chi connectivity index (χ3n) is 2.79. The zero-order chi connectivity index (χ0) is 14.2. The molecule has 1 aliphatic carbocycles. The molecule has 0 aliphatic heterocycles. The van der Waals surface area contributed by atoms with Gasteiger partial charge in [-0.15, -0.1) is 24.5 Å². The number of rotatable bonds is 4. The van der Waals surface area contributed by atoms with E-state index in [4.69, 9.17) is 0 Å². The van der Waals surface area contributed by atoms with Crippen LogP contribution >= 0.6 is 11.3 Å². The zero-order valence-corrected chi connectivity index (χ0v) is 11.1. The summed E-state index contributed by atoms with van der Waals surface area (Å²) in [5.74, 6) is -0.229. The number of benzene rings is 1. The number of halogens is 3. The van der Waals surface area contributed by atoms with Gasteiger partial charge >= 0.3 is 6.36 Å². The highest BCUT2D eigenvalue weighted by molar-refractivity contribution is 7.14. The highest BCUT2D eigenvalue weighted by Crippen LogP contribution is 2.31. The molecule has 1 aliphatic rings. The molecule has 20 heavy (non-hydrogen) atoms. The van der Waals surface area contributed by atoms with E-state index in [1.807, 2.05) is 5.38 Å². The van der Waals surface area contributed by atoms with Crippen molar-refractivity contribution in [2.45, 2.75) is 25.2 Å². The summed E-state index contributed by atoms with van der Waals surface area (Å²) in [5, 5.41) is 6.01. The summed E-state index contributed by atoms with van der Waals surface area (Å²) in [6.07, 6.45) is -2.33. The first-order chi connectivity index (χ1) is 9.49. The van der Waals surface area contributed by atoms with Crippen LogP contribution in [0.15, 0.2) is 29.6 Å². The molecule has 1 fully saturated rings. The lowest BCUT2D eigenvalue weighted by Gasteiger charge is -2.08. The number of nitrogens with one attached hydrogen (secondary N) is 1. The number of thiazole rings is 1. The molecule has 106 valence electrons. The lowest BCUT2D eigenvalue weighted by Crippen LogP contribution is -2.16. The fraction of sp³-hybridized carbons (Fsp3) is 0.308. The monoisotopic (exact) mass is 300 g/mol. The maximum absolute atomic E-state index is 12.1. The van der Waals surface area contributed by atoms with Gasteiger partial charge in [0.2, 0.25) is 0 Å². The molecule has 1 heterocycles. The molecule has 0 unspecified atom stereocenters. The van der Waals surface area contributed by atoms with E-state index >= 15 is 0 Å². The first-order valence-electron chi connectivity index (χ1n) is 6.08. The molecular weight excluding hydrogens is 289 g/mol. The van der Waals surface area contributed by atoms with Crippen LogP contribution in [-0.4, -0.2) is 17.4 Å². The topological polar surface area (TPSA) is 34.1 Å². The van der Waals surface area contributed by atoms with Crippen LogP contribution in [0.1, 0.15) is 12.8 Å². The van der Waals surface area contributed by atoms with Gasteiger partial charge in [-0.05, 0) is 37.1 Å². The number of anilines is 1. The largest absolute Gasteiger partial charge is 0.573 e. The number of alkyl halides is 3. The van der Waals surface area contributed by atoms with Crippen molar-refractivity contribution in [1.82, 2.24) is 4.98 Å². The second kappa shape index (κ2) is 4.97. The Kier molecular flexibility index (Phi) is 3.29. The van der Waals surface area contributed by atoms with Crippen LogP contribution in [0, 0.1) is 0 Å². The maximum Gasteiger partial charge on any atom is 0.573 e. The van der Waals surface area contributed by atoms with E-state index < -0.39 is 6.36 Å². The van der Waals surface area contributed by atoms with E-state index in [0.717, 1.165) is 16.4 Å². The van der Waals surface area contributed by atoms with E-state index in [0.29, 0.717) is 6.04 Å². The average Bonchev–Trinajstić information content (AvgIpc) is 3.05. The van der Waals surface area contributed by atoms with Crippen LogP contribution in [-0.2, 0) is 0 Å². The summed E-state index contributed by atoms with van der Waals surface area (Å²) in [5.41, 5.74) is 1.51. The van der Waals surface area contributed by atoms with Gasteiger partial charge in [0.05, 0.1) is 5.69 Å². The molecule has 0 amide bonds. The van der Waals surface area contributed by atoms with Crippen molar-refractivity contribution in [3.05, 3.63) is 29.6 Å². The Hall–Kier alpha value is -1.76. The van der Waals surface area contributed by atoms with Gasteiger partial charge in [-0.2, -0.15) is 0 Å². The highest BCUT2D eigenvalue weighted by atomic mass is 32.1. The molecule has 0 spiro atoms. The standard InChI is InChI=1S/C13H11F3N2OS/c14-13(15,16)19-10-5-1-8(2-6-10)11-7-20-12(18-11)17-9-3-4-9/h1-2,5-7,9H,3-4H2,(H,17,18). The van der Waals surface area contributed by atoms with Crippen molar-refractivity contribution in [1.29, 1.82) is 0 Å². The lowest BCUT2D eigenvalue weighted by molar-refractivity contribution is -0.274. The Labute approximate surface area is 117 Å². The van der Waals surface area contributed by atoms with Crippen LogP contribution < -0.4 is 10.1 Å². The first kappa shape index (κ1) is 13.2. The quantitative estimate of drug-likeness (QED) is 0.915. The van der Waals surface area contributed by atoms with Gasteiger partial charge in [0.15, 0.2) is 5.13 Å². The molecular formula is C13H11F3N2OS. The fourth-order valence-corrected chi connectivity index (χ4v) is 2.50. The molecule has 2 aromatic rings. The lowest BCUT2D eigenvalue weighted by atomic mass is 10.2. The predicted molar refractivity (Wildman–Crippen MR) is 70.9 cm³/mol. The third-order valence-corrected chi connectivity index (χ3v) is 3.57. The Morgan fingerprint density at radius 3 is 2.50 bits per heavy atom. The van der Waals surface area contributed by atoms with Gasteiger partial charge in [-0.3, -0.25) is 0 Å². The van der Waals surface area contributed by atoms with Gasteiger partial charge in [0.1, 0.15) is 5.75 Å². The van der Waals surface area contributed by atoms with E-state index in [-0.39, 0.29) is 5.75 Å². The first-order valence-corrected chi connectivity index (χ1v) is 6.96. The minimum atomic E-state index is -4.66. The van der Waals surface area contributed by atoms with Crippen molar-refractivity contribution < 1.29 is 17.9 Å². The summed E-state index contributed by atoms with van der Waals surface area (Å²) in [7, 11) is 0. The number of hydrogen-bond acceptors (Lipinski definition) is 4. The highest BCUT2D eigenvalue weighted by Gasteiger charge is 2.31. The summed E-state index contributed by atoms with van der Waals surface area (Å²) < 4.78 is 40.0. The number of nitrogens with zero attached hydrogens (tertiary/aromatic N) is 1. The summed E-state index contributed by atoms with van der Waals surface area (Å²) >= 11 is 1.49. The van der Waals surface area contributed by atoms with Crippen LogP contribution in [0.25, 0.3) is 11.3 Å². The van der Waals surface area contributed by atoms with E-state index in [1.54, 1.807) is 12.1 Å². The van der Waals surface area contributed by atoms with Crippen molar-refractivity contribution in [3.63, 3.8) is 0 Å².